The highest BCUT2D eigenvalue weighted by atomic mass is 16.4. The zero-order valence-corrected chi connectivity index (χ0v) is 20.3. The third-order valence-corrected chi connectivity index (χ3v) is 5.52. The summed E-state index contributed by atoms with van der Waals surface area (Å²) >= 11 is 0. The van der Waals surface area contributed by atoms with Gasteiger partial charge in [0.2, 0.25) is 0 Å². The number of carboxylic acid groups (broad SMARTS) is 2. The molecule has 34 heavy (non-hydrogen) atoms. The Balaban J connectivity index is 0. The smallest absolute Gasteiger partial charge is 0.844 e. The van der Waals surface area contributed by atoms with Crippen LogP contribution in [0.1, 0.15) is 59.6 Å². The second kappa shape index (κ2) is 13.7. The molecule has 2 rings (SSSR count). The average molecular weight is 476 g/mol. The van der Waals surface area contributed by atoms with Gasteiger partial charge in [-0.1, -0.05) is 48.0 Å². The van der Waals surface area contributed by atoms with Crippen LogP contribution in [-0.4, -0.2) is 63.0 Å². The van der Waals surface area contributed by atoms with Crippen LogP contribution in [0.15, 0.2) is 48.5 Å². The van der Waals surface area contributed by atoms with Crippen molar-refractivity contribution in [2.45, 2.75) is 71.2 Å². The molecule has 0 saturated heterocycles. The molecule has 3 N–H and O–H groups in total. The minimum atomic E-state index is -2.63. The van der Waals surface area contributed by atoms with Crippen LogP contribution in [0.3, 0.4) is 0 Å². The molecule has 8 nitrogen and oxygen atoms in total. The standard InChI is InChI=1S/C22H31NO.C4H4O6/c1-16(2)23(17(3)4)14-13-20(19-9-7-6-8-10-19)21-15-18(5)11-12-22(21)24;5-1(3(7)8)2(6)4(9)10/h6-12,15-17,20,24H,13-14H2,1-5H3;1-2H,(H,7,8)(H,9,10)/q;-2/p+2/t20-;/m1./s1. The van der Waals surface area contributed by atoms with E-state index >= 15 is 0 Å². The second-order valence-corrected chi connectivity index (χ2v) is 8.76. The molecule has 0 saturated carbocycles. The molecule has 188 valence electrons. The highest BCUT2D eigenvalue weighted by Gasteiger charge is 2.21. The van der Waals surface area contributed by atoms with Crippen molar-refractivity contribution >= 4 is 11.9 Å². The maximum atomic E-state index is 10.4. The van der Waals surface area contributed by atoms with E-state index in [0.717, 1.165) is 18.5 Å². The van der Waals surface area contributed by atoms with Crippen molar-refractivity contribution < 1.29 is 38.0 Å². The van der Waals surface area contributed by atoms with Gasteiger partial charge in [-0.2, -0.15) is 0 Å². The van der Waals surface area contributed by atoms with E-state index in [0.29, 0.717) is 17.8 Å². The van der Waals surface area contributed by atoms with Gasteiger partial charge in [0.1, 0.15) is 5.75 Å². The first-order chi connectivity index (χ1) is 15.9. The number of nitrogens with zero attached hydrogens (tertiary/aromatic N) is 1. The van der Waals surface area contributed by atoms with Crippen molar-refractivity contribution in [3.8, 4) is 5.75 Å². The number of benzene rings is 2. The number of phenolic OH excluding ortho intramolecular Hbond substituents is 1. The van der Waals surface area contributed by atoms with Gasteiger partial charge in [0.25, 0.3) is 11.9 Å². The molecular weight excluding hydrogens is 438 g/mol. The summed E-state index contributed by atoms with van der Waals surface area (Å²) in [7, 11) is 0. The molecule has 0 spiro atoms. The number of phenols is 1. The number of rotatable bonds is 10. The molecule has 0 amide bonds. The van der Waals surface area contributed by atoms with Gasteiger partial charge < -0.3 is 25.5 Å². The van der Waals surface area contributed by atoms with Gasteiger partial charge in [-0.05, 0) is 71.4 Å². The number of aliphatic carboxylic acids is 2. The normalized spacial score (nSPS) is 13.8. The lowest BCUT2D eigenvalue weighted by Crippen LogP contribution is -2.55. The van der Waals surface area contributed by atoms with E-state index in [1.54, 1.807) is 0 Å². The van der Waals surface area contributed by atoms with Crippen molar-refractivity contribution in [2.75, 3.05) is 6.54 Å². The van der Waals surface area contributed by atoms with Gasteiger partial charge in [-0.3, -0.25) is 14.5 Å². The molecule has 3 atom stereocenters. The fourth-order valence-corrected chi connectivity index (χ4v) is 3.79. The molecule has 0 radical (unpaired) electrons. The van der Waals surface area contributed by atoms with Crippen LogP contribution in [0, 0.1) is 6.92 Å². The first-order valence-electron chi connectivity index (χ1n) is 11.2. The first kappa shape index (κ1) is 29.1. The van der Waals surface area contributed by atoms with E-state index < -0.39 is 24.1 Å². The number of hydrogen-bond donors (Lipinski definition) is 3. The van der Waals surface area contributed by atoms with Crippen molar-refractivity contribution in [1.29, 1.82) is 0 Å². The van der Waals surface area contributed by atoms with Gasteiger partial charge >= 0.3 is 2.85 Å². The molecule has 2 aromatic carbocycles. The number of carbonyl (C=O) groups is 2. The maximum absolute atomic E-state index is 10.4. The molecule has 2 unspecified atom stereocenters. The number of aromatic hydroxyl groups is 1. The molecule has 2 aromatic rings. The monoisotopic (exact) mass is 475 g/mol. The van der Waals surface area contributed by atoms with Gasteiger partial charge in [-0.25, -0.2) is 0 Å². The molecule has 0 heterocycles. The van der Waals surface area contributed by atoms with E-state index in [4.69, 9.17) is 10.2 Å². The minimum absolute atomic E-state index is 0. The summed E-state index contributed by atoms with van der Waals surface area (Å²) in [5, 5.41) is 46.2. The highest BCUT2D eigenvalue weighted by molar-refractivity contribution is 5.82. The summed E-state index contributed by atoms with van der Waals surface area (Å²) in [5.74, 6) is -3.27. The third kappa shape index (κ3) is 8.78. The summed E-state index contributed by atoms with van der Waals surface area (Å²) < 4.78 is 0. The third-order valence-electron chi connectivity index (χ3n) is 5.52. The van der Waals surface area contributed by atoms with Crippen molar-refractivity contribution in [2.24, 2.45) is 0 Å². The second-order valence-electron chi connectivity index (χ2n) is 8.76. The van der Waals surface area contributed by atoms with Crippen LogP contribution < -0.4 is 10.2 Å². The SMILES string of the molecule is Cc1ccc(O)c([C@H](CCN(C(C)C)C(C)C)c2ccccc2)c1.O=C(O)C([O-])C([O-])C(=O)O.[H+].[H+]. The predicted molar refractivity (Wildman–Crippen MR) is 128 cm³/mol. The Bertz CT molecular complexity index is 900. The van der Waals surface area contributed by atoms with Gasteiger partial charge in [0, 0.05) is 23.6 Å². The van der Waals surface area contributed by atoms with Gasteiger partial charge in [-0.15, -0.1) is 0 Å². The Labute approximate surface area is 204 Å². The Kier molecular flexibility index (Phi) is 11.7. The summed E-state index contributed by atoms with van der Waals surface area (Å²) in [5.41, 5.74) is 3.49. The Morgan fingerprint density at radius 3 is 1.85 bits per heavy atom. The minimum Gasteiger partial charge on any atom is -0.844 e. The maximum Gasteiger partial charge on any atom is 1.00 e. The van der Waals surface area contributed by atoms with E-state index in [1.165, 1.54) is 11.1 Å². The quantitative estimate of drug-likeness (QED) is 0.474. The summed E-state index contributed by atoms with van der Waals surface area (Å²) in [6.45, 7) is 12.1. The van der Waals surface area contributed by atoms with Crippen molar-refractivity contribution in [3.63, 3.8) is 0 Å². The number of aryl methyl sites for hydroxylation is 1. The van der Waals surface area contributed by atoms with E-state index in [-0.39, 0.29) is 8.77 Å². The zero-order valence-electron chi connectivity index (χ0n) is 22.3. The fourth-order valence-electron chi connectivity index (χ4n) is 3.79. The van der Waals surface area contributed by atoms with Gasteiger partial charge in [0.15, 0.2) is 0 Å². The first-order valence-corrected chi connectivity index (χ1v) is 11.2. The van der Waals surface area contributed by atoms with Crippen molar-refractivity contribution in [1.82, 2.24) is 4.90 Å². The lowest BCUT2D eigenvalue weighted by molar-refractivity contribution is -0.507. The summed E-state index contributed by atoms with van der Waals surface area (Å²) in [6, 6.07) is 17.5. The largest absolute Gasteiger partial charge is 1.00 e. The molecule has 0 bridgehead atoms. The average Bonchev–Trinajstić information content (AvgIpc) is 2.78. The Morgan fingerprint density at radius 2 is 1.41 bits per heavy atom. The molecule has 0 aliphatic rings. The van der Waals surface area contributed by atoms with E-state index in [9.17, 15) is 24.9 Å². The molecule has 0 aromatic heterocycles. The van der Waals surface area contributed by atoms with Crippen LogP contribution in [0.2, 0.25) is 0 Å². The van der Waals surface area contributed by atoms with Crippen LogP contribution in [-0.2, 0) is 9.59 Å². The van der Waals surface area contributed by atoms with Crippen LogP contribution >= 0.6 is 0 Å². The lowest BCUT2D eigenvalue weighted by atomic mass is 9.87. The molecule has 0 aliphatic heterocycles. The molecular formula is C26H37NO7. The number of hydrogen-bond acceptors (Lipinski definition) is 6. The van der Waals surface area contributed by atoms with Crippen molar-refractivity contribution in [3.05, 3.63) is 65.2 Å². The summed E-state index contributed by atoms with van der Waals surface area (Å²) in [4.78, 5) is 21.9. The lowest BCUT2D eigenvalue weighted by Gasteiger charge is -2.32. The van der Waals surface area contributed by atoms with Crippen LogP contribution in [0.4, 0.5) is 0 Å². The van der Waals surface area contributed by atoms with E-state index in [1.807, 2.05) is 18.2 Å². The Morgan fingerprint density at radius 1 is 0.912 bits per heavy atom. The zero-order chi connectivity index (χ0) is 26.0. The topological polar surface area (TPSA) is 144 Å². The van der Waals surface area contributed by atoms with Crippen LogP contribution in [0.25, 0.3) is 0 Å². The predicted octanol–water partition coefficient (Wildman–Crippen LogP) is 2.18. The highest BCUT2D eigenvalue weighted by Crippen LogP contribution is 2.35. The number of carboxylic acids is 2. The Hall–Kier alpha value is -2.94. The molecule has 0 fully saturated rings. The van der Waals surface area contributed by atoms with Gasteiger partial charge in [0.05, 0.1) is 0 Å². The molecule has 8 heteroatoms. The summed E-state index contributed by atoms with van der Waals surface area (Å²) in [6.07, 6.45) is -4.26. The fraction of sp³-hybridized carbons (Fsp3) is 0.462. The molecule has 0 aliphatic carbocycles. The van der Waals surface area contributed by atoms with E-state index in [2.05, 4.69) is 69.9 Å². The van der Waals surface area contributed by atoms with Crippen LogP contribution in [0.5, 0.6) is 5.75 Å².